The SMILES string of the molecule is Cc1cc(C(F)(F)F)cc(O)c1-c1ccc(Cn2ccn(C)c2=N)nn1. The zero-order chi connectivity index (χ0) is 19.1. The van der Waals surface area contributed by atoms with E-state index in [0.717, 1.165) is 6.07 Å². The highest BCUT2D eigenvalue weighted by molar-refractivity contribution is 5.71. The first-order valence-corrected chi connectivity index (χ1v) is 7.67. The molecule has 0 fully saturated rings. The monoisotopic (exact) mass is 363 g/mol. The number of aryl methyl sites for hydroxylation is 2. The number of nitrogens with zero attached hydrogens (tertiary/aromatic N) is 4. The second-order valence-corrected chi connectivity index (χ2v) is 5.96. The molecule has 0 aliphatic rings. The summed E-state index contributed by atoms with van der Waals surface area (Å²) >= 11 is 0. The molecule has 0 aliphatic heterocycles. The average molecular weight is 363 g/mol. The van der Waals surface area contributed by atoms with Gasteiger partial charge in [0.25, 0.3) is 0 Å². The third-order valence-corrected chi connectivity index (χ3v) is 4.03. The molecule has 0 spiro atoms. The predicted octanol–water partition coefficient (Wildman–Crippen LogP) is 2.84. The van der Waals surface area contributed by atoms with Gasteiger partial charge in [0, 0.05) is 25.0 Å². The maximum absolute atomic E-state index is 12.8. The quantitative estimate of drug-likeness (QED) is 0.751. The Labute approximate surface area is 146 Å². The van der Waals surface area contributed by atoms with Crippen molar-refractivity contribution in [1.82, 2.24) is 19.3 Å². The summed E-state index contributed by atoms with van der Waals surface area (Å²) in [5.74, 6) is -0.495. The van der Waals surface area contributed by atoms with E-state index in [1.807, 2.05) is 0 Å². The molecule has 0 saturated heterocycles. The van der Waals surface area contributed by atoms with Crippen molar-refractivity contribution < 1.29 is 18.3 Å². The third-order valence-electron chi connectivity index (χ3n) is 4.03. The smallest absolute Gasteiger partial charge is 0.416 e. The normalized spacial score (nSPS) is 11.7. The van der Waals surface area contributed by atoms with Gasteiger partial charge in [-0.1, -0.05) is 0 Å². The van der Waals surface area contributed by atoms with Crippen molar-refractivity contribution >= 4 is 0 Å². The molecule has 6 nitrogen and oxygen atoms in total. The van der Waals surface area contributed by atoms with Gasteiger partial charge in [-0.2, -0.15) is 23.4 Å². The Morgan fingerprint density at radius 2 is 1.88 bits per heavy atom. The van der Waals surface area contributed by atoms with Crippen LogP contribution < -0.4 is 5.62 Å². The zero-order valence-electron chi connectivity index (χ0n) is 14.0. The number of imidazole rings is 1. The van der Waals surface area contributed by atoms with E-state index in [2.05, 4.69) is 10.2 Å². The van der Waals surface area contributed by atoms with Crippen LogP contribution in [0.15, 0.2) is 36.7 Å². The molecule has 2 aromatic heterocycles. The fourth-order valence-corrected chi connectivity index (χ4v) is 2.67. The molecule has 3 aromatic rings. The molecule has 3 rings (SSSR count). The van der Waals surface area contributed by atoms with Crippen molar-refractivity contribution in [3.63, 3.8) is 0 Å². The third kappa shape index (κ3) is 3.32. The Bertz CT molecular complexity index is 979. The lowest BCUT2D eigenvalue weighted by Gasteiger charge is -2.13. The van der Waals surface area contributed by atoms with Gasteiger partial charge in [-0.3, -0.25) is 5.41 Å². The van der Waals surface area contributed by atoms with Crippen molar-refractivity contribution in [3.8, 4) is 17.0 Å². The Hall–Kier alpha value is -3.10. The fourth-order valence-electron chi connectivity index (χ4n) is 2.67. The largest absolute Gasteiger partial charge is 0.507 e. The van der Waals surface area contributed by atoms with Crippen LogP contribution in [-0.4, -0.2) is 24.4 Å². The van der Waals surface area contributed by atoms with Crippen molar-refractivity contribution in [2.75, 3.05) is 0 Å². The Kier molecular flexibility index (Phi) is 4.31. The van der Waals surface area contributed by atoms with Crippen LogP contribution >= 0.6 is 0 Å². The number of nitrogens with one attached hydrogen (secondary N) is 1. The number of rotatable bonds is 3. The number of aromatic hydroxyl groups is 1. The summed E-state index contributed by atoms with van der Waals surface area (Å²) in [5, 5.41) is 26.0. The highest BCUT2D eigenvalue weighted by Crippen LogP contribution is 2.38. The molecule has 0 radical (unpaired) electrons. The number of benzene rings is 1. The van der Waals surface area contributed by atoms with E-state index in [1.165, 1.54) is 6.92 Å². The van der Waals surface area contributed by atoms with Gasteiger partial charge in [0.2, 0.25) is 5.62 Å². The van der Waals surface area contributed by atoms with Crippen LogP contribution in [0.4, 0.5) is 13.2 Å². The predicted molar refractivity (Wildman–Crippen MR) is 87.2 cm³/mol. The summed E-state index contributed by atoms with van der Waals surface area (Å²) in [6.07, 6.45) is -1.05. The fraction of sp³-hybridized carbons (Fsp3) is 0.235. The van der Waals surface area contributed by atoms with Crippen LogP contribution in [-0.2, 0) is 19.8 Å². The molecule has 2 heterocycles. The number of hydrogen-bond donors (Lipinski definition) is 2. The summed E-state index contributed by atoms with van der Waals surface area (Å²) < 4.78 is 41.8. The second kappa shape index (κ2) is 6.32. The van der Waals surface area contributed by atoms with Crippen molar-refractivity contribution in [1.29, 1.82) is 5.41 Å². The van der Waals surface area contributed by atoms with Crippen molar-refractivity contribution in [3.05, 3.63) is 59.1 Å². The van der Waals surface area contributed by atoms with Crippen LogP contribution in [0.2, 0.25) is 0 Å². The number of aromatic nitrogens is 4. The minimum absolute atomic E-state index is 0.214. The summed E-state index contributed by atoms with van der Waals surface area (Å²) in [7, 11) is 1.75. The highest BCUT2D eigenvalue weighted by Gasteiger charge is 2.32. The Balaban J connectivity index is 1.91. The number of phenols is 1. The Morgan fingerprint density at radius 1 is 1.15 bits per heavy atom. The zero-order valence-corrected chi connectivity index (χ0v) is 14.0. The summed E-state index contributed by atoms with van der Waals surface area (Å²) in [6.45, 7) is 1.82. The summed E-state index contributed by atoms with van der Waals surface area (Å²) in [5.41, 5.74) is 0.719. The van der Waals surface area contributed by atoms with Crippen LogP contribution in [0.3, 0.4) is 0 Å². The Morgan fingerprint density at radius 3 is 2.38 bits per heavy atom. The lowest BCUT2D eigenvalue weighted by atomic mass is 10.0. The molecule has 0 atom stereocenters. The van der Waals surface area contributed by atoms with E-state index >= 15 is 0 Å². The van der Waals surface area contributed by atoms with Crippen LogP contribution in [0.1, 0.15) is 16.8 Å². The molecule has 26 heavy (non-hydrogen) atoms. The summed E-state index contributed by atoms with van der Waals surface area (Å²) in [6, 6.07) is 4.91. The molecule has 0 amide bonds. The number of halogens is 3. The maximum Gasteiger partial charge on any atom is 0.416 e. The van der Waals surface area contributed by atoms with E-state index in [-0.39, 0.29) is 16.8 Å². The van der Waals surface area contributed by atoms with Gasteiger partial charge in [-0.15, -0.1) is 0 Å². The number of alkyl halides is 3. The van der Waals surface area contributed by atoms with E-state index in [0.29, 0.717) is 23.9 Å². The first kappa shape index (κ1) is 17.7. The van der Waals surface area contributed by atoms with E-state index in [1.54, 1.807) is 40.7 Å². The molecule has 0 unspecified atom stereocenters. The van der Waals surface area contributed by atoms with Crippen LogP contribution in [0, 0.1) is 12.3 Å². The first-order valence-electron chi connectivity index (χ1n) is 7.67. The topological polar surface area (TPSA) is 79.7 Å². The van der Waals surface area contributed by atoms with E-state index in [9.17, 15) is 18.3 Å². The number of phenolic OH excluding ortho intramolecular Hbond substituents is 1. The van der Waals surface area contributed by atoms with Gasteiger partial charge >= 0.3 is 6.18 Å². The van der Waals surface area contributed by atoms with Crippen molar-refractivity contribution in [2.45, 2.75) is 19.6 Å². The van der Waals surface area contributed by atoms with Gasteiger partial charge in [0.15, 0.2) is 0 Å². The van der Waals surface area contributed by atoms with Gasteiger partial charge in [-0.25, -0.2) is 0 Å². The molecular weight excluding hydrogens is 347 g/mol. The lowest BCUT2D eigenvalue weighted by molar-refractivity contribution is -0.137. The molecule has 1 aromatic carbocycles. The molecule has 0 aliphatic carbocycles. The van der Waals surface area contributed by atoms with E-state index < -0.39 is 17.5 Å². The number of hydrogen-bond acceptors (Lipinski definition) is 4. The minimum atomic E-state index is -4.53. The molecular formula is C17H16F3N5O. The van der Waals surface area contributed by atoms with Gasteiger partial charge in [0.1, 0.15) is 5.75 Å². The summed E-state index contributed by atoms with van der Waals surface area (Å²) in [4.78, 5) is 0. The molecule has 2 N–H and O–H groups in total. The van der Waals surface area contributed by atoms with Gasteiger partial charge in [0.05, 0.1) is 23.5 Å². The first-order chi connectivity index (χ1) is 12.2. The molecule has 0 bridgehead atoms. The van der Waals surface area contributed by atoms with Crippen molar-refractivity contribution in [2.24, 2.45) is 7.05 Å². The van der Waals surface area contributed by atoms with Gasteiger partial charge < -0.3 is 14.2 Å². The lowest BCUT2D eigenvalue weighted by Crippen LogP contribution is -2.23. The average Bonchev–Trinajstić information content (AvgIpc) is 2.87. The van der Waals surface area contributed by atoms with Crippen LogP contribution in [0.5, 0.6) is 5.75 Å². The van der Waals surface area contributed by atoms with E-state index in [4.69, 9.17) is 5.41 Å². The standard InChI is InChI=1S/C17H16F3N5O/c1-10-7-11(17(18,19)20)8-14(26)15(10)13-4-3-12(22-23-13)9-25-6-5-24(2)16(25)21/h3-8,21,26H,9H2,1-2H3. The minimum Gasteiger partial charge on any atom is -0.507 e. The maximum atomic E-state index is 12.8. The van der Waals surface area contributed by atoms with Gasteiger partial charge in [-0.05, 0) is 36.8 Å². The second-order valence-electron chi connectivity index (χ2n) is 5.96. The van der Waals surface area contributed by atoms with Crippen LogP contribution in [0.25, 0.3) is 11.3 Å². The molecule has 136 valence electrons. The highest BCUT2D eigenvalue weighted by atomic mass is 19.4. The molecule has 9 heteroatoms. The molecule has 0 saturated carbocycles.